The van der Waals surface area contributed by atoms with E-state index in [0.29, 0.717) is 54.6 Å². The molecule has 13 rings (SSSR count). The number of nitro benzene ring substituents is 1. The van der Waals surface area contributed by atoms with E-state index in [1.807, 2.05) is 90.7 Å². The maximum atomic E-state index is 13.5. The Balaban J connectivity index is 0.000000138. The molecular weight excluding hydrogens is 1040 g/mol. The summed E-state index contributed by atoms with van der Waals surface area (Å²) in [6.45, 7) is 9.82. The fraction of sp³-hybridized carbons (Fsp3) is 0.290. The largest absolute Gasteiger partial charge is 0.399 e. The molecule has 1 fully saturated rings. The van der Waals surface area contributed by atoms with Gasteiger partial charge in [0, 0.05) is 95.7 Å². The smallest absolute Gasteiger partial charge is 0.269 e. The third-order valence-electron chi connectivity index (χ3n) is 14.8. The Bertz CT molecular complexity index is 3590. The summed E-state index contributed by atoms with van der Waals surface area (Å²) in [5.41, 5.74) is 20.8. The highest BCUT2D eigenvalue weighted by molar-refractivity contribution is 6.35. The molecule has 0 atom stereocenters. The molecule has 20 heteroatoms. The zero-order valence-electron chi connectivity index (χ0n) is 45.9. The number of ketones is 2. The third kappa shape index (κ3) is 14.1. The second-order valence-electron chi connectivity index (χ2n) is 21.2. The Morgan fingerprint density at radius 3 is 1.76 bits per heavy atom. The number of nitro groups is 1. The standard InChI is InChI=1S/C27H32N4O3.C11H11NO2.C8H6N2O3.C8H8N2O.C8H7NO/c1-17(32)14-19-7-8-22-20(15-19)21(26(33)29-22)16-24-18(2)25-23(28-24)6-5-11-31(27(25)34)13-12-30-9-3-4-10-30;1-7(13)4-8-2-3-10-9(5-8)6-11(14)12-10;11-8-4-5-3-6(10(12)13)1-2-7(5)9-8;9-6-1-2-7-5(3-6)4-8(11)10-7;10-8-5-6-3-1-2-4-7(6)9-8/h7-8,15-16,28H,3-6,9-14H2,1-2H3,(H,29,33);2-3,5H,4,6H2,1H3,(H,12,14);1-3H,4H2,(H,9,11);1-3H,4,9H2,(H,10,11);1-4H,5H2,(H,9,10)/b21-16-;;;;. The maximum Gasteiger partial charge on any atom is 0.269 e. The van der Waals surface area contributed by atoms with Gasteiger partial charge in [-0.2, -0.15) is 0 Å². The van der Waals surface area contributed by atoms with Gasteiger partial charge in [-0.25, -0.2) is 0 Å². The third-order valence-corrected chi connectivity index (χ3v) is 14.8. The van der Waals surface area contributed by atoms with Gasteiger partial charge in [-0.05, 0) is 153 Å². The van der Waals surface area contributed by atoms with E-state index in [1.165, 1.54) is 25.0 Å². The number of nitrogens with one attached hydrogen (secondary N) is 6. The summed E-state index contributed by atoms with van der Waals surface area (Å²) >= 11 is 0. The zero-order chi connectivity index (χ0) is 58.2. The topological polar surface area (TPSA) is 288 Å². The number of amides is 6. The number of benzene rings is 5. The number of anilines is 6. The minimum atomic E-state index is -0.469. The van der Waals surface area contributed by atoms with Crippen molar-refractivity contribution in [1.29, 1.82) is 0 Å². The number of aromatic nitrogens is 1. The number of aryl methyl sites for hydroxylation is 1. The first-order valence-corrected chi connectivity index (χ1v) is 27.3. The number of carbonyl (C=O) groups excluding carboxylic acids is 8. The van der Waals surface area contributed by atoms with Crippen molar-refractivity contribution in [2.75, 3.05) is 65.0 Å². The number of carbonyl (C=O) groups is 8. The van der Waals surface area contributed by atoms with Crippen molar-refractivity contribution in [2.24, 2.45) is 0 Å². The summed E-state index contributed by atoms with van der Waals surface area (Å²) in [6, 6.07) is 28.8. The van der Waals surface area contributed by atoms with E-state index in [2.05, 4.69) is 36.5 Å². The van der Waals surface area contributed by atoms with Crippen LogP contribution < -0.4 is 32.3 Å². The molecule has 0 spiro atoms. The Morgan fingerprint density at radius 2 is 1.15 bits per heavy atom. The maximum absolute atomic E-state index is 13.5. The number of fused-ring (bicyclic) bond motifs is 6. The number of nitrogens with two attached hydrogens (primary N) is 1. The van der Waals surface area contributed by atoms with E-state index in [0.717, 1.165) is 124 Å². The lowest BCUT2D eigenvalue weighted by Crippen LogP contribution is -2.38. The Labute approximate surface area is 473 Å². The van der Waals surface area contributed by atoms with E-state index >= 15 is 0 Å². The molecule has 1 saturated heterocycles. The number of hydrogen-bond acceptors (Lipinski definition) is 12. The molecule has 0 saturated carbocycles. The molecular formula is C62H64N10O10. The first-order chi connectivity index (χ1) is 39.3. The van der Waals surface area contributed by atoms with Crippen LogP contribution in [0.25, 0.3) is 11.6 Å². The van der Waals surface area contributed by atoms with Crippen LogP contribution in [0.2, 0.25) is 0 Å². The molecule has 0 bridgehead atoms. The van der Waals surface area contributed by atoms with Gasteiger partial charge in [0.1, 0.15) is 11.6 Å². The average Bonchev–Trinajstić information content (AvgIpc) is 4.49. The minimum absolute atomic E-state index is 0.0234. The fourth-order valence-corrected chi connectivity index (χ4v) is 10.8. The molecule has 6 aromatic rings. The number of non-ortho nitro benzene ring substituents is 1. The molecule has 20 nitrogen and oxygen atoms in total. The molecule has 7 aliphatic heterocycles. The lowest BCUT2D eigenvalue weighted by atomic mass is 10.00. The van der Waals surface area contributed by atoms with Crippen LogP contribution in [0.5, 0.6) is 0 Å². The van der Waals surface area contributed by atoms with Gasteiger partial charge in [0.05, 0.1) is 41.7 Å². The zero-order valence-corrected chi connectivity index (χ0v) is 45.9. The van der Waals surface area contributed by atoms with Crippen molar-refractivity contribution >= 4 is 98.5 Å². The predicted molar refractivity (Wildman–Crippen MR) is 313 cm³/mol. The van der Waals surface area contributed by atoms with Gasteiger partial charge in [0.2, 0.25) is 23.6 Å². The summed E-state index contributed by atoms with van der Waals surface area (Å²) in [6.07, 6.45) is 8.54. The summed E-state index contributed by atoms with van der Waals surface area (Å²) < 4.78 is 0. The summed E-state index contributed by atoms with van der Waals surface area (Å²) in [4.78, 5) is 110. The SMILES string of the molecule is CC(=O)Cc1ccc2c(c1)/C(=C/c1[nH]c3c(c1C)C(=O)N(CCN1CCCC1)CCC3)C(=O)N2.CC(=O)Cc1ccc2c(c1)CC(=O)N2.Nc1ccc2c(c1)CC(=O)N2.O=C1Cc2cc([N+](=O)[O-])ccc2N1.O=C1Cc2ccccc2N1. The van der Waals surface area contributed by atoms with Gasteiger partial charge in [-0.15, -0.1) is 0 Å². The van der Waals surface area contributed by atoms with E-state index in [1.54, 1.807) is 26.0 Å². The molecule has 8 N–H and O–H groups in total. The number of likely N-dealkylation sites (tertiary alicyclic amines) is 1. The van der Waals surface area contributed by atoms with Gasteiger partial charge < -0.3 is 47.1 Å². The predicted octanol–water partition coefficient (Wildman–Crippen LogP) is 7.78. The summed E-state index contributed by atoms with van der Waals surface area (Å²) in [5, 5.41) is 24.1. The monoisotopic (exact) mass is 1110 g/mol. The van der Waals surface area contributed by atoms with Crippen LogP contribution in [0.4, 0.5) is 39.8 Å². The van der Waals surface area contributed by atoms with Crippen LogP contribution in [0.15, 0.2) is 97.1 Å². The van der Waals surface area contributed by atoms with Crippen LogP contribution in [-0.2, 0) is 78.5 Å². The summed E-state index contributed by atoms with van der Waals surface area (Å²) in [5.74, 6) is 0.201. The second kappa shape index (κ2) is 25.3. The Hall–Kier alpha value is -9.56. The first-order valence-electron chi connectivity index (χ1n) is 27.3. The van der Waals surface area contributed by atoms with Gasteiger partial charge >= 0.3 is 0 Å². The van der Waals surface area contributed by atoms with Gasteiger partial charge in [0.15, 0.2) is 0 Å². The van der Waals surface area contributed by atoms with Gasteiger partial charge in [-0.1, -0.05) is 36.4 Å². The van der Waals surface area contributed by atoms with Crippen LogP contribution in [-0.4, -0.2) is 99.4 Å². The number of para-hydroxylation sites is 1. The number of nitrogen functional groups attached to an aromatic ring is 1. The van der Waals surface area contributed by atoms with Crippen molar-refractivity contribution in [3.05, 3.63) is 169 Å². The molecule has 0 aliphatic carbocycles. The number of rotatable bonds is 9. The number of aromatic amines is 1. The molecule has 5 aromatic carbocycles. The molecule has 6 amide bonds. The van der Waals surface area contributed by atoms with Crippen molar-refractivity contribution in [3.8, 4) is 0 Å². The Morgan fingerprint density at radius 1 is 0.610 bits per heavy atom. The van der Waals surface area contributed by atoms with Gasteiger partial charge in [0.25, 0.3) is 17.5 Å². The van der Waals surface area contributed by atoms with Gasteiger partial charge in [-0.3, -0.25) is 48.5 Å². The highest BCUT2D eigenvalue weighted by Crippen LogP contribution is 2.36. The van der Waals surface area contributed by atoms with E-state index in [-0.39, 0.29) is 59.1 Å². The van der Waals surface area contributed by atoms with Crippen LogP contribution in [0.3, 0.4) is 0 Å². The summed E-state index contributed by atoms with van der Waals surface area (Å²) in [7, 11) is 0. The number of H-pyrrole nitrogens is 1. The molecule has 0 unspecified atom stereocenters. The quantitative estimate of drug-likeness (QED) is 0.0316. The minimum Gasteiger partial charge on any atom is -0.399 e. The average molecular weight is 1110 g/mol. The lowest BCUT2D eigenvalue weighted by molar-refractivity contribution is -0.384. The highest BCUT2D eigenvalue weighted by atomic mass is 16.6. The number of Topliss-reactive ketones (excluding diaryl/α,β-unsaturated/α-hetero) is 2. The van der Waals surface area contributed by atoms with Crippen LogP contribution in [0, 0.1) is 17.0 Å². The first kappa shape index (κ1) is 57.1. The van der Waals surface area contributed by atoms with E-state index < -0.39 is 4.92 Å². The molecule has 422 valence electrons. The Kier molecular flexibility index (Phi) is 17.6. The number of hydrogen-bond donors (Lipinski definition) is 7. The molecule has 7 aliphatic rings. The second-order valence-corrected chi connectivity index (χ2v) is 21.2. The van der Waals surface area contributed by atoms with Crippen molar-refractivity contribution in [2.45, 2.75) is 85.0 Å². The fourth-order valence-electron chi connectivity index (χ4n) is 10.8. The number of nitrogens with zero attached hydrogens (tertiary/aromatic N) is 3. The molecule has 8 heterocycles. The van der Waals surface area contributed by atoms with E-state index in [9.17, 15) is 48.5 Å². The van der Waals surface area contributed by atoms with Crippen molar-refractivity contribution < 1.29 is 43.3 Å². The van der Waals surface area contributed by atoms with Crippen LogP contribution in [0.1, 0.15) is 99.4 Å². The normalized spacial score (nSPS) is 16.2. The highest BCUT2D eigenvalue weighted by Gasteiger charge is 2.30. The molecule has 82 heavy (non-hydrogen) atoms. The molecule has 0 radical (unpaired) electrons. The van der Waals surface area contributed by atoms with Crippen LogP contribution >= 0.6 is 0 Å². The van der Waals surface area contributed by atoms with Crippen molar-refractivity contribution in [1.82, 2.24) is 14.8 Å². The van der Waals surface area contributed by atoms with E-state index in [4.69, 9.17) is 5.73 Å². The van der Waals surface area contributed by atoms with Crippen molar-refractivity contribution in [3.63, 3.8) is 0 Å². The molecule has 1 aromatic heterocycles. The lowest BCUT2D eigenvalue weighted by Gasteiger charge is -2.24.